The summed E-state index contributed by atoms with van der Waals surface area (Å²) in [6, 6.07) is 13.1. The zero-order valence-corrected chi connectivity index (χ0v) is 19.4. The van der Waals surface area contributed by atoms with E-state index < -0.39 is 11.6 Å². The van der Waals surface area contributed by atoms with E-state index in [0.717, 1.165) is 16.6 Å². The third-order valence-electron chi connectivity index (χ3n) is 5.44. The summed E-state index contributed by atoms with van der Waals surface area (Å²) in [6.07, 6.45) is 1.55. The van der Waals surface area contributed by atoms with Gasteiger partial charge in [0.15, 0.2) is 0 Å². The molecule has 1 N–H and O–H groups in total. The number of anilines is 1. The van der Waals surface area contributed by atoms with Crippen LogP contribution in [0.3, 0.4) is 0 Å². The number of piperazine rings is 1. The van der Waals surface area contributed by atoms with Crippen molar-refractivity contribution in [3.05, 3.63) is 54.2 Å². The van der Waals surface area contributed by atoms with E-state index in [1.165, 1.54) is 7.11 Å². The minimum Gasteiger partial charge on any atom is -0.465 e. The predicted octanol–water partition coefficient (Wildman–Crippen LogP) is 4.80. The molecule has 0 aliphatic carbocycles. The average molecular weight is 452 g/mol. The number of esters is 1. The number of aromatic nitrogens is 1. The van der Waals surface area contributed by atoms with Crippen LogP contribution in [0.1, 0.15) is 31.1 Å². The van der Waals surface area contributed by atoms with Crippen molar-refractivity contribution in [2.45, 2.75) is 26.4 Å². The first-order valence-corrected chi connectivity index (χ1v) is 10.9. The molecular formula is C25H29N3O5. The summed E-state index contributed by atoms with van der Waals surface area (Å²) in [5, 5.41) is 0.921. The number of carbonyl (C=O) groups is 2. The Morgan fingerprint density at radius 2 is 1.73 bits per heavy atom. The van der Waals surface area contributed by atoms with Crippen LogP contribution in [0.4, 0.5) is 10.5 Å². The predicted molar refractivity (Wildman–Crippen MR) is 126 cm³/mol. The number of aromatic amines is 1. The van der Waals surface area contributed by atoms with Gasteiger partial charge in [-0.05, 0) is 51.1 Å². The first kappa shape index (κ1) is 22.5. The van der Waals surface area contributed by atoms with Crippen molar-refractivity contribution < 1.29 is 23.8 Å². The number of amides is 1. The molecule has 0 atom stereocenters. The summed E-state index contributed by atoms with van der Waals surface area (Å²) < 4.78 is 16.7. The molecular weight excluding hydrogens is 422 g/mol. The van der Waals surface area contributed by atoms with Gasteiger partial charge in [-0.2, -0.15) is 0 Å². The lowest BCUT2D eigenvalue weighted by Crippen LogP contribution is -2.50. The fraction of sp³-hybridized carbons (Fsp3) is 0.360. The monoisotopic (exact) mass is 451 g/mol. The van der Waals surface area contributed by atoms with Crippen LogP contribution in [0.25, 0.3) is 10.9 Å². The molecule has 174 valence electrons. The maximum atomic E-state index is 12.4. The largest absolute Gasteiger partial charge is 0.465 e. The van der Waals surface area contributed by atoms with E-state index in [1.54, 1.807) is 11.0 Å². The first-order valence-electron chi connectivity index (χ1n) is 10.9. The minimum absolute atomic E-state index is 0.299. The summed E-state index contributed by atoms with van der Waals surface area (Å²) in [4.78, 5) is 31.8. The Morgan fingerprint density at radius 1 is 0.970 bits per heavy atom. The van der Waals surface area contributed by atoms with Gasteiger partial charge in [0.1, 0.15) is 22.7 Å². The standard InChI is InChI=1S/C25H29N3O5/c1-25(2,3)33-24(30)28-14-12-27(13-15-28)17-8-9-19(23(29)31-4)22(16-17)32-21-7-5-6-20-18(21)10-11-26-20/h5-11,16,26H,12-15H2,1-4H3. The van der Waals surface area contributed by atoms with Crippen LogP contribution in [-0.2, 0) is 9.47 Å². The van der Waals surface area contributed by atoms with Crippen LogP contribution in [0, 0.1) is 0 Å². The van der Waals surface area contributed by atoms with Crippen molar-refractivity contribution in [3.8, 4) is 11.5 Å². The highest BCUT2D eigenvalue weighted by Crippen LogP contribution is 2.34. The number of nitrogens with one attached hydrogen (secondary N) is 1. The quantitative estimate of drug-likeness (QED) is 0.574. The van der Waals surface area contributed by atoms with E-state index in [2.05, 4.69) is 9.88 Å². The van der Waals surface area contributed by atoms with Crippen molar-refractivity contribution >= 4 is 28.7 Å². The number of hydrogen-bond acceptors (Lipinski definition) is 6. The first-order chi connectivity index (χ1) is 15.7. The van der Waals surface area contributed by atoms with E-state index in [1.807, 2.05) is 63.4 Å². The summed E-state index contributed by atoms with van der Waals surface area (Å²) in [5.41, 5.74) is 1.68. The number of rotatable bonds is 4. The molecule has 1 aromatic heterocycles. The molecule has 0 bridgehead atoms. The number of H-pyrrole nitrogens is 1. The second-order valence-corrected chi connectivity index (χ2v) is 8.92. The molecule has 8 nitrogen and oxygen atoms in total. The molecule has 3 aromatic rings. The lowest BCUT2D eigenvalue weighted by atomic mass is 10.1. The molecule has 4 rings (SSSR count). The Labute approximate surface area is 193 Å². The number of ether oxygens (including phenoxy) is 3. The molecule has 1 aliphatic heterocycles. The van der Waals surface area contributed by atoms with Crippen molar-refractivity contribution in [1.82, 2.24) is 9.88 Å². The van der Waals surface area contributed by atoms with Gasteiger partial charge in [-0.1, -0.05) is 6.07 Å². The Bertz CT molecular complexity index is 1160. The highest BCUT2D eigenvalue weighted by atomic mass is 16.6. The lowest BCUT2D eigenvalue weighted by Gasteiger charge is -2.37. The van der Waals surface area contributed by atoms with E-state index in [4.69, 9.17) is 14.2 Å². The number of benzene rings is 2. The molecule has 0 radical (unpaired) electrons. The van der Waals surface area contributed by atoms with Gasteiger partial charge in [-0.3, -0.25) is 0 Å². The van der Waals surface area contributed by atoms with Crippen LogP contribution < -0.4 is 9.64 Å². The molecule has 33 heavy (non-hydrogen) atoms. The molecule has 1 amide bonds. The van der Waals surface area contributed by atoms with Crippen LogP contribution >= 0.6 is 0 Å². The third kappa shape index (κ3) is 5.05. The smallest absolute Gasteiger partial charge is 0.410 e. The second-order valence-electron chi connectivity index (χ2n) is 8.92. The van der Waals surface area contributed by atoms with E-state index in [-0.39, 0.29) is 6.09 Å². The maximum Gasteiger partial charge on any atom is 0.410 e. The third-order valence-corrected chi connectivity index (χ3v) is 5.44. The molecule has 2 aromatic carbocycles. The van der Waals surface area contributed by atoms with Crippen LogP contribution in [0.15, 0.2) is 48.7 Å². The van der Waals surface area contributed by atoms with Crippen LogP contribution in [0.2, 0.25) is 0 Å². The van der Waals surface area contributed by atoms with Gasteiger partial charge in [0.05, 0.1) is 7.11 Å². The molecule has 0 spiro atoms. The highest BCUT2D eigenvalue weighted by molar-refractivity contribution is 5.94. The van der Waals surface area contributed by atoms with Gasteiger partial charge in [0, 0.05) is 55.0 Å². The SMILES string of the molecule is COC(=O)c1ccc(N2CCN(C(=O)OC(C)(C)C)CC2)cc1Oc1cccc2[nH]ccc12. The Balaban J connectivity index is 1.55. The summed E-state index contributed by atoms with van der Waals surface area (Å²) >= 11 is 0. The molecule has 1 fully saturated rings. The minimum atomic E-state index is -0.521. The Kier molecular flexibility index (Phi) is 6.18. The van der Waals surface area contributed by atoms with Crippen molar-refractivity contribution in [1.29, 1.82) is 0 Å². The number of carbonyl (C=O) groups excluding carboxylic acids is 2. The molecule has 8 heteroatoms. The zero-order valence-electron chi connectivity index (χ0n) is 19.4. The molecule has 0 unspecified atom stereocenters. The number of methoxy groups -OCH3 is 1. The highest BCUT2D eigenvalue weighted by Gasteiger charge is 2.26. The number of hydrogen-bond donors (Lipinski definition) is 1. The molecule has 2 heterocycles. The van der Waals surface area contributed by atoms with E-state index in [0.29, 0.717) is 43.2 Å². The Hall–Kier alpha value is -3.68. The summed E-state index contributed by atoms with van der Waals surface area (Å²) in [5.74, 6) is 0.598. The van der Waals surface area contributed by atoms with Crippen molar-refractivity contribution in [2.24, 2.45) is 0 Å². The zero-order chi connectivity index (χ0) is 23.6. The van der Waals surface area contributed by atoms with Gasteiger partial charge >= 0.3 is 12.1 Å². The van der Waals surface area contributed by atoms with Gasteiger partial charge in [0.25, 0.3) is 0 Å². The van der Waals surface area contributed by atoms with E-state index in [9.17, 15) is 9.59 Å². The average Bonchev–Trinajstić information content (AvgIpc) is 3.27. The molecule has 0 saturated carbocycles. The Morgan fingerprint density at radius 3 is 2.42 bits per heavy atom. The van der Waals surface area contributed by atoms with Gasteiger partial charge < -0.3 is 29.0 Å². The number of nitrogens with zero attached hydrogens (tertiary/aromatic N) is 2. The van der Waals surface area contributed by atoms with Gasteiger partial charge in [0.2, 0.25) is 0 Å². The van der Waals surface area contributed by atoms with Crippen molar-refractivity contribution in [2.75, 3.05) is 38.2 Å². The van der Waals surface area contributed by atoms with Crippen LogP contribution in [-0.4, -0.2) is 60.8 Å². The summed E-state index contributed by atoms with van der Waals surface area (Å²) in [6.45, 7) is 7.96. The van der Waals surface area contributed by atoms with Crippen molar-refractivity contribution in [3.63, 3.8) is 0 Å². The van der Waals surface area contributed by atoms with E-state index >= 15 is 0 Å². The van der Waals surface area contributed by atoms with Crippen LogP contribution in [0.5, 0.6) is 11.5 Å². The maximum absolute atomic E-state index is 12.4. The fourth-order valence-electron chi connectivity index (χ4n) is 3.81. The second kappa shape index (κ2) is 9.05. The lowest BCUT2D eigenvalue weighted by molar-refractivity contribution is 0.0240. The number of fused-ring (bicyclic) bond motifs is 1. The van der Waals surface area contributed by atoms with Gasteiger partial charge in [-0.25, -0.2) is 9.59 Å². The normalized spacial score (nSPS) is 14.3. The molecule has 1 saturated heterocycles. The topological polar surface area (TPSA) is 84.1 Å². The molecule has 1 aliphatic rings. The van der Waals surface area contributed by atoms with Gasteiger partial charge in [-0.15, -0.1) is 0 Å². The fourth-order valence-corrected chi connectivity index (χ4v) is 3.81. The summed E-state index contributed by atoms with van der Waals surface area (Å²) in [7, 11) is 1.35.